The summed E-state index contributed by atoms with van der Waals surface area (Å²) in [4.78, 5) is 0. The quantitative estimate of drug-likeness (QED) is 0.497. The molecular formula is C8H9F3Si. The zero-order chi connectivity index (χ0) is 9.19. The zero-order valence-electron chi connectivity index (χ0n) is 6.65. The van der Waals surface area contributed by atoms with Gasteiger partial charge in [-0.2, -0.15) is 0 Å². The van der Waals surface area contributed by atoms with Gasteiger partial charge in [0.25, 0.3) is 0 Å². The Bertz CT molecular complexity index is 250. The van der Waals surface area contributed by atoms with Crippen molar-refractivity contribution in [2.24, 2.45) is 0 Å². The first kappa shape index (κ1) is 9.32. The average Bonchev–Trinajstić information content (AvgIpc) is 1.91. The Morgan fingerprint density at radius 3 is 2.00 bits per heavy atom. The highest BCUT2D eigenvalue weighted by Crippen LogP contribution is 2.16. The number of hydrogen-bond donors (Lipinski definition) is 0. The highest BCUT2D eigenvalue weighted by atomic mass is 28.5. The SMILES string of the molecule is Cc1ccc(C[Si](F)(F)F)cc1. The van der Waals surface area contributed by atoms with Crippen molar-refractivity contribution in [3.63, 3.8) is 0 Å². The summed E-state index contributed by atoms with van der Waals surface area (Å²) in [6, 6.07) is 5.78. The van der Waals surface area contributed by atoms with E-state index in [0.717, 1.165) is 5.56 Å². The normalized spacial score (nSPS) is 11.7. The molecule has 0 saturated heterocycles. The first-order valence-corrected chi connectivity index (χ1v) is 5.44. The van der Waals surface area contributed by atoms with Crippen LogP contribution >= 0.6 is 0 Å². The molecule has 0 bridgehead atoms. The second-order valence-electron chi connectivity index (χ2n) is 2.78. The summed E-state index contributed by atoms with van der Waals surface area (Å²) in [6.07, 6.45) is 0. The highest BCUT2D eigenvalue weighted by Gasteiger charge is 2.36. The first-order valence-electron chi connectivity index (χ1n) is 3.60. The van der Waals surface area contributed by atoms with Crippen LogP contribution in [0.1, 0.15) is 11.1 Å². The highest BCUT2D eigenvalue weighted by molar-refractivity contribution is 6.57. The van der Waals surface area contributed by atoms with Crippen molar-refractivity contribution < 1.29 is 12.3 Å². The zero-order valence-corrected chi connectivity index (χ0v) is 7.65. The van der Waals surface area contributed by atoms with Gasteiger partial charge >= 0.3 is 9.08 Å². The van der Waals surface area contributed by atoms with Crippen LogP contribution < -0.4 is 0 Å². The molecule has 0 heterocycles. The van der Waals surface area contributed by atoms with Crippen molar-refractivity contribution in [3.05, 3.63) is 35.4 Å². The fourth-order valence-corrected chi connectivity index (χ4v) is 1.64. The van der Waals surface area contributed by atoms with Gasteiger partial charge in [0.1, 0.15) is 0 Å². The molecular weight excluding hydrogens is 181 g/mol. The molecule has 0 aliphatic carbocycles. The van der Waals surface area contributed by atoms with Crippen molar-refractivity contribution in [2.75, 3.05) is 0 Å². The van der Waals surface area contributed by atoms with E-state index < -0.39 is 15.1 Å². The van der Waals surface area contributed by atoms with Gasteiger partial charge in [-0.05, 0) is 12.5 Å². The van der Waals surface area contributed by atoms with E-state index in [1.54, 1.807) is 12.1 Å². The van der Waals surface area contributed by atoms with Gasteiger partial charge in [0.2, 0.25) is 0 Å². The number of hydrogen-bond acceptors (Lipinski definition) is 0. The summed E-state index contributed by atoms with van der Waals surface area (Å²) in [6.45, 7) is 1.86. The van der Waals surface area contributed by atoms with E-state index >= 15 is 0 Å². The van der Waals surface area contributed by atoms with Crippen LogP contribution in [-0.2, 0) is 6.04 Å². The predicted molar refractivity (Wildman–Crippen MR) is 44.0 cm³/mol. The maximum absolute atomic E-state index is 12.0. The smallest absolute Gasteiger partial charge is 0.237 e. The van der Waals surface area contributed by atoms with Gasteiger partial charge in [0, 0.05) is 0 Å². The van der Waals surface area contributed by atoms with E-state index in [-0.39, 0.29) is 0 Å². The Labute approximate surface area is 70.6 Å². The van der Waals surface area contributed by atoms with Crippen LogP contribution in [0.15, 0.2) is 24.3 Å². The molecule has 12 heavy (non-hydrogen) atoms. The van der Waals surface area contributed by atoms with E-state index in [4.69, 9.17) is 0 Å². The van der Waals surface area contributed by atoms with E-state index in [1.807, 2.05) is 6.92 Å². The minimum Gasteiger partial charge on any atom is -0.237 e. The van der Waals surface area contributed by atoms with Gasteiger partial charge in [-0.25, -0.2) is 12.3 Å². The van der Waals surface area contributed by atoms with Gasteiger partial charge in [-0.3, -0.25) is 0 Å². The molecule has 1 aromatic carbocycles. The van der Waals surface area contributed by atoms with Crippen LogP contribution in [-0.4, -0.2) is 9.08 Å². The van der Waals surface area contributed by atoms with Crippen molar-refractivity contribution in [3.8, 4) is 0 Å². The molecule has 0 aliphatic heterocycles. The Kier molecular flexibility index (Phi) is 2.57. The fourth-order valence-electron chi connectivity index (χ4n) is 0.937. The number of benzene rings is 1. The first-order chi connectivity index (χ1) is 5.47. The summed E-state index contributed by atoms with van der Waals surface area (Å²) in [5, 5.41) is 0. The van der Waals surface area contributed by atoms with Gasteiger partial charge < -0.3 is 0 Å². The second kappa shape index (κ2) is 3.31. The Balaban J connectivity index is 2.71. The predicted octanol–water partition coefficient (Wildman–Crippen LogP) is 2.92. The molecule has 0 atom stereocenters. The Morgan fingerprint density at radius 2 is 1.58 bits per heavy atom. The van der Waals surface area contributed by atoms with E-state index in [1.165, 1.54) is 12.1 Å². The maximum Gasteiger partial charge on any atom is 0.620 e. The number of aryl methyl sites for hydroxylation is 1. The Morgan fingerprint density at radius 1 is 1.08 bits per heavy atom. The topological polar surface area (TPSA) is 0 Å². The van der Waals surface area contributed by atoms with E-state index in [9.17, 15) is 12.3 Å². The fraction of sp³-hybridized carbons (Fsp3) is 0.250. The lowest BCUT2D eigenvalue weighted by atomic mass is 10.2. The molecule has 1 aromatic rings. The molecule has 4 heteroatoms. The second-order valence-corrected chi connectivity index (χ2v) is 4.36. The minimum atomic E-state index is -5.42. The number of rotatable bonds is 2. The summed E-state index contributed by atoms with van der Waals surface area (Å²) >= 11 is 0. The molecule has 0 N–H and O–H groups in total. The molecule has 0 fully saturated rings. The third kappa shape index (κ3) is 3.09. The van der Waals surface area contributed by atoms with E-state index in [2.05, 4.69) is 0 Å². The van der Waals surface area contributed by atoms with Crippen LogP contribution in [0.25, 0.3) is 0 Å². The van der Waals surface area contributed by atoms with Gasteiger partial charge in [0.05, 0.1) is 6.04 Å². The Hall–Kier alpha value is -0.773. The van der Waals surface area contributed by atoms with Crippen LogP contribution in [0.2, 0.25) is 0 Å². The third-order valence-corrected chi connectivity index (χ3v) is 2.33. The molecule has 66 valence electrons. The van der Waals surface area contributed by atoms with Crippen molar-refractivity contribution in [2.45, 2.75) is 13.0 Å². The number of halogens is 3. The largest absolute Gasteiger partial charge is 0.620 e. The third-order valence-electron chi connectivity index (χ3n) is 1.53. The molecule has 0 unspecified atom stereocenters. The molecule has 1 rings (SSSR count). The minimum absolute atomic E-state index is 0.375. The summed E-state index contributed by atoms with van der Waals surface area (Å²) in [5.74, 6) is 0. The maximum atomic E-state index is 12.0. The molecule has 0 amide bonds. The van der Waals surface area contributed by atoms with Crippen molar-refractivity contribution in [1.29, 1.82) is 0 Å². The van der Waals surface area contributed by atoms with Crippen LogP contribution in [0, 0.1) is 6.92 Å². The molecule has 0 aromatic heterocycles. The molecule has 0 saturated carbocycles. The van der Waals surface area contributed by atoms with Crippen LogP contribution in [0.3, 0.4) is 0 Å². The molecule has 0 spiro atoms. The molecule has 0 radical (unpaired) electrons. The average molecular weight is 190 g/mol. The monoisotopic (exact) mass is 190 g/mol. The van der Waals surface area contributed by atoms with Crippen LogP contribution in [0.5, 0.6) is 0 Å². The van der Waals surface area contributed by atoms with Crippen LogP contribution in [0.4, 0.5) is 12.3 Å². The molecule has 0 aliphatic rings. The van der Waals surface area contributed by atoms with Gasteiger partial charge in [-0.15, -0.1) is 0 Å². The lowest BCUT2D eigenvalue weighted by molar-refractivity contribution is 0.468. The lowest BCUT2D eigenvalue weighted by Crippen LogP contribution is -2.19. The van der Waals surface area contributed by atoms with Crippen molar-refractivity contribution in [1.82, 2.24) is 0 Å². The standard InChI is InChI=1S/C8H9F3Si/c1-7-2-4-8(5-3-7)6-12(9,10)11/h2-5H,6H2,1H3. The van der Waals surface area contributed by atoms with Gasteiger partial charge in [0.15, 0.2) is 0 Å². The van der Waals surface area contributed by atoms with E-state index in [0.29, 0.717) is 5.56 Å². The molecule has 0 nitrogen and oxygen atoms in total. The lowest BCUT2D eigenvalue weighted by Gasteiger charge is -2.02. The summed E-state index contributed by atoms with van der Waals surface area (Å²) in [5.41, 5.74) is 1.36. The van der Waals surface area contributed by atoms with Gasteiger partial charge in [-0.1, -0.05) is 29.8 Å². The summed E-state index contributed by atoms with van der Waals surface area (Å²) < 4.78 is 35.9. The summed E-state index contributed by atoms with van der Waals surface area (Å²) in [7, 11) is -5.42. The van der Waals surface area contributed by atoms with Crippen molar-refractivity contribution >= 4 is 9.08 Å².